The van der Waals surface area contributed by atoms with Gasteiger partial charge < -0.3 is 15.3 Å². The third-order valence-corrected chi connectivity index (χ3v) is 6.11. The zero-order valence-corrected chi connectivity index (χ0v) is 18.1. The van der Waals surface area contributed by atoms with Crippen LogP contribution in [0.4, 0.5) is 0 Å². The fourth-order valence-corrected chi connectivity index (χ4v) is 4.10. The van der Waals surface area contributed by atoms with E-state index in [-0.39, 0.29) is 17.4 Å². The first kappa shape index (κ1) is 24.9. The van der Waals surface area contributed by atoms with Gasteiger partial charge in [-0.2, -0.15) is 0 Å². The molecule has 0 amide bonds. The summed E-state index contributed by atoms with van der Waals surface area (Å²) in [5.74, 6) is 0.208. The van der Waals surface area contributed by atoms with Crippen molar-refractivity contribution >= 4 is 0 Å². The number of hydrogen-bond donors (Lipinski definition) is 3. The smallest absolute Gasteiger partial charge is 0.0647 e. The maximum atomic E-state index is 11.1. The van der Waals surface area contributed by atoms with Crippen molar-refractivity contribution in [1.82, 2.24) is 0 Å². The highest BCUT2D eigenvalue weighted by atomic mass is 16.3. The number of aliphatic hydroxyl groups excluding tert-OH is 1. The van der Waals surface area contributed by atoms with Gasteiger partial charge in [-0.05, 0) is 78.1 Å². The lowest BCUT2D eigenvalue weighted by atomic mass is 9.62. The van der Waals surface area contributed by atoms with Gasteiger partial charge in [0.25, 0.3) is 0 Å². The molecule has 0 spiro atoms. The average Bonchev–Trinajstić information content (AvgIpc) is 2.45. The second-order valence-electron chi connectivity index (χ2n) is 9.43. The topological polar surface area (TPSA) is 60.7 Å². The summed E-state index contributed by atoms with van der Waals surface area (Å²) in [6.45, 7) is 13.8. The van der Waals surface area contributed by atoms with E-state index in [9.17, 15) is 15.3 Å². The van der Waals surface area contributed by atoms with Crippen molar-refractivity contribution in [2.24, 2.45) is 11.3 Å². The van der Waals surface area contributed by atoms with Crippen molar-refractivity contribution < 1.29 is 15.3 Å². The lowest BCUT2D eigenvalue weighted by Gasteiger charge is -2.47. The van der Waals surface area contributed by atoms with Crippen LogP contribution in [0.25, 0.3) is 0 Å². The number of aliphatic hydroxyl groups is 3. The van der Waals surface area contributed by atoms with Crippen molar-refractivity contribution in [2.75, 3.05) is 0 Å². The van der Waals surface area contributed by atoms with E-state index in [1.165, 1.54) is 19.3 Å². The van der Waals surface area contributed by atoms with Crippen LogP contribution in [0.3, 0.4) is 0 Å². The molecule has 0 bridgehead atoms. The largest absolute Gasteiger partial charge is 0.393 e. The van der Waals surface area contributed by atoms with E-state index in [0.717, 1.165) is 44.9 Å². The Bertz CT molecular complexity index is 338. The standard InChI is InChI=1S/C22H46O3/c1-8-10-11-12-15-22(21(6,7)25,16-13-14-20(4,5)24)17-19(9-2)18(3)23/h18-19,23-25H,8-17H2,1-7H3. The van der Waals surface area contributed by atoms with Gasteiger partial charge >= 0.3 is 0 Å². The van der Waals surface area contributed by atoms with Crippen molar-refractivity contribution in [3.63, 3.8) is 0 Å². The molecule has 3 atom stereocenters. The maximum absolute atomic E-state index is 11.1. The van der Waals surface area contributed by atoms with Crippen LogP contribution in [0.2, 0.25) is 0 Å². The molecule has 0 fully saturated rings. The van der Waals surface area contributed by atoms with Crippen molar-refractivity contribution in [3.8, 4) is 0 Å². The average molecular weight is 359 g/mol. The SMILES string of the molecule is CCCCCCC(CCCC(C)(C)O)(CC(CC)C(C)O)C(C)(C)O. The van der Waals surface area contributed by atoms with Gasteiger partial charge in [0.1, 0.15) is 0 Å². The monoisotopic (exact) mass is 358 g/mol. The van der Waals surface area contributed by atoms with Crippen LogP contribution < -0.4 is 0 Å². The highest BCUT2D eigenvalue weighted by molar-refractivity contribution is 4.95. The number of unbranched alkanes of at least 4 members (excludes halogenated alkanes) is 3. The van der Waals surface area contributed by atoms with E-state index in [4.69, 9.17) is 0 Å². The Morgan fingerprint density at radius 2 is 1.36 bits per heavy atom. The zero-order chi connectivity index (χ0) is 19.7. The molecular weight excluding hydrogens is 312 g/mol. The molecule has 0 aromatic rings. The van der Waals surface area contributed by atoms with Crippen molar-refractivity contribution in [3.05, 3.63) is 0 Å². The summed E-state index contributed by atoms with van der Waals surface area (Å²) in [5.41, 5.74) is -1.66. The molecule has 0 saturated heterocycles. The molecule has 0 aromatic heterocycles. The molecule has 0 heterocycles. The summed E-state index contributed by atoms with van der Waals surface area (Å²) < 4.78 is 0. The Morgan fingerprint density at radius 1 is 0.800 bits per heavy atom. The highest BCUT2D eigenvalue weighted by Crippen LogP contribution is 2.48. The van der Waals surface area contributed by atoms with Gasteiger partial charge in [0.05, 0.1) is 17.3 Å². The molecule has 0 aliphatic carbocycles. The minimum Gasteiger partial charge on any atom is -0.393 e. The van der Waals surface area contributed by atoms with Gasteiger partial charge in [-0.25, -0.2) is 0 Å². The van der Waals surface area contributed by atoms with Gasteiger partial charge in [-0.3, -0.25) is 0 Å². The van der Waals surface area contributed by atoms with Crippen LogP contribution in [0.1, 0.15) is 113 Å². The molecule has 0 radical (unpaired) electrons. The second kappa shape index (κ2) is 10.9. The summed E-state index contributed by atoms with van der Waals surface area (Å²) in [6.07, 6.45) is 9.72. The first-order valence-electron chi connectivity index (χ1n) is 10.5. The van der Waals surface area contributed by atoms with E-state index in [0.29, 0.717) is 0 Å². The Hall–Kier alpha value is -0.120. The van der Waals surface area contributed by atoms with Gasteiger partial charge in [-0.15, -0.1) is 0 Å². The summed E-state index contributed by atoms with van der Waals surface area (Å²) in [7, 11) is 0. The fraction of sp³-hybridized carbons (Fsp3) is 1.00. The minimum absolute atomic E-state index is 0.205. The van der Waals surface area contributed by atoms with Crippen molar-refractivity contribution in [2.45, 2.75) is 130 Å². The molecular formula is C22H46O3. The first-order chi connectivity index (χ1) is 11.4. The van der Waals surface area contributed by atoms with E-state index in [1.54, 1.807) is 0 Å². The fourth-order valence-electron chi connectivity index (χ4n) is 4.10. The third kappa shape index (κ3) is 9.40. The predicted octanol–water partition coefficient (Wildman–Crippen LogP) is 5.45. The normalized spacial score (nSPS) is 18.0. The van der Waals surface area contributed by atoms with Crippen molar-refractivity contribution in [1.29, 1.82) is 0 Å². The van der Waals surface area contributed by atoms with Crippen LogP contribution in [0, 0.1) is 11.3 Å². The maximum Gasteiger partial charge on any atom is 0.0647 e. The van der Waals surface area contributed by atoms with E-state index in [1.807, 2.05) is 34.6 Å². The van der Waals surface area contributed by atoms with E-state index in [2.05, 4.69) is 13.8 Å². The third-order valence-electron chi connectivity index (χ3n) is 6.11. The molecule has 3 nitrogen and oxygen atoms in total. The second-order valence-corrected chi connectivity index (χ2v) is 9.43. The van der Waals surface area contributed by atoms with Crippen LogP contribution in [-0.4, -0.2) is 32.6 Å². The number of hydrogen-bond acceptors (Lipinski definition) is 3. The highest BCUT2D eigenvalue weighted by Gasteiger charge is 2.44. The van der Waals surface area contributed by atoms with Gasteiger partial charge in [0, 0.05) is 0 Å². The summed E-state index contributed by atoms with van der Waals surface area (Å²) in [6, 6.07) is 0. The molecule has 3 unspecified atom stereocenters. The molecule has 0 aliphatic rings. The molecule has 152 valence electrons. The van der Waals surface area contributed by atoms with Gasteiger partial charge in [-0.1, -0.05) is 46.0 Å². The summed E-state index contributed by atoms with van der Waals surface area (Å²) >= 11 is 0. The molecule has 3 N–H and O–H groups in total. The molecule has 3 heteroatoms. The molecule has 0 rings (SSSR count). The van der Waals surface area contributed by atoms with Crippen LogP contribution in [-0.2, 0) is 0 Å². The minimum atomic E-state index is -0.791. The van der Waals surface area contributed by atoms with Gasteiger partial charge in [0.15, 0.2) is 0 Å². The van der Waals surface area contributed by atoms with Crippen LogP contribution in [0.15, 0.2) is 0 Å². The molecule has 0 aromatic carbocycles. The summed E-state index contributed by atoms with van der Waals surface area (Å²) in [5, 5.41) is 31.4. The predicted molar refractivity (Wildman–Crippen MR) is 108 cm³/mol. The molecule has 0 aliphatic heterocycles. The lowest BCUT2D eigenvalue weighted by molar-refractivity contribution is -0.0926. The lowest BCUT2D eigenvalue weighted by Crippen LogP contribution is -2.46. The first-order valence-corrected chi connectivity index (χ1v) is 10.5. The van der Waals surface area contributed by atoms with Crippen LogP contribution in [0.5, 0.6) is 0 Å². The Morgan fingerprint density at radius 3 is 1.76 bits per heavy atom. The quantitative estimate of drug-likeness (QED) is 0.362. The Kier molecular flexibility index (Phi) is 10.8. The summed E-state index contributed by atoms with van der Waals surface area (Å²) in [4.78, 5) is 0. The zero-order valence-electron chi connectivity index (χ0n) is 18.1. The van der Waals surface area contributed by atoms with E-state index < -0.39 is 11.2 Å². The Labute approximate surface area is 157 Å². The Balaban J connectivity index is 5.34. The van der Waals surface area contributed by atoms with E-state index >= 15 is 0 Å². The molecule has 0 saturated carbocycles. The molecule has 25 heavy (non-hydrogen) atoms. The van der Waals surface area contributed by atoms with Crippen LogP contribution >= 0.6 is 0 Å². The number of rotatable bonds is 14. The van der Waals surface area contributed by atoms with Gasteiger partial charge in [0.2, 0.25) is 0 Å².